The molecule has 2 rings (SSSR count). The molecule has 0 bridgehead atoms. The van der Waals surface area contributed by atoms with Gasteiger partial charge in [0.2, 0.25) is 10.0 Å². The van der Waals surface area contributed by atoms with Crippen molar-refractivity contribution in [1.82, 2.24) is 4.72 Å². The highest BCUT2D eigenvalue weighted by Crippen LogP contribution is 2.17. The van der Waals surface area contributed by atoms with Crippen LogP contribution < -0.4 is 9.46 Å². The maximum atomic E-state index is 12.0. The summed E-state index contributed by atoms with van der Waals surface area (Å²) in [6, 6.07) is 13.5. The minimum atomic E-state index is -3.69. The number of benzene rings is 2. The van der Waals surface area contributed by atoms with Crippen LogP contribution in [0.2, 0.25) is 5.02 Å². The van der Waals surface area contributed by atoms with Crippen LogP contribution >= 0.6 is 11.6 Å². The van der Waals surface area contributed by atoms with Crippen LogP contribution in [0, 0.1) is 6.92 Å². The van der Waals surface area contributed by atoms with Gasteiger partial charge in [-0.25, -0.2) is 13.1 Å². The number of halogens is 1. The van der Waals surface area contributed by atoms with Crippen LogP contribution in [-0.4, -0.2) is 20.9 Å². The van der Waals surface area contributed by atoms with E-state index in [2.05, 4.69) is 4.72 Å². The quantitative estimate of drug-likeness (QED) is 0.640. The molecule has 0 aliphatic heterocycles. The molecule has 0 amide bonds. The average molecular weight is 354 g/mol. The lowest BCUT2D eigenvalue weighted by molar-refractivity contribution is -0.133. The molecule has 0 heterocycles. The standard InChI is InChI=1S/C16H16ClNO4S/c1-12-6-8-14(9-7-12)22-16(19)10-18-23(20,21)11-13-4-2-3-5-15(13)17/h2-9,18H,10-11H2,1H3. The molecule has 7 heteroatoms. The molecule has 0 saturated heterocycles. The minimum absolute atomic E-state index is 0.301. The van der Waals surface area contributed by atoms with Gasteiger partial charge in [0.15, 0.2) is 0 Å². The Balaban J connectivity index is 1.90. The summed E-state index contributed by atoms with van der Waals surface area (Å²) >= 11 is 5.93. The van der Waals surface area contributed by atoms with Crippen LogP contribution in [0.25, 0.3) is 0 Å². The molecule has 0 spiro atoms. The molecule has 23 heavy (non-hydrogen) atoms. The molecule has 0 aliphatic rings. The zero-order valence-corrected chi connectivity index (χ0v) is 14.0. The minimum Gasteiger partial charge on any atom is -0.426 e. The number of aryl methyl sites for hydroxylation is 1. The van der Waals surface area contributed by atoms with E-state index in [-0.39, 0.29) is 5.75 Å². The van der Waals surface area contributed by atoms with Crippen LogP contribution in [-0.2, 0) is 20.6 Å². The number of carbonyl (C=O) groups is 1. The SMILES string of the molecule is Cc1ccc(OC(=O)CNS(=O)(=O)Cc2ccccc2Cl)cc1. The normalized spacial score (nSPS) is 11.2. The van der Waals surface area contributed by atoms with Crippen LogP contribution in [0.5, 0.6) is 5.75 Å². The summed E-state index contributed by atoms with van der Waals surface area (Å²) in [5, 5.41) is 0.361. The molecular formula is C16H16ClNO4S. The van der Waals surface area contributed by atoms with Crippen molar-refractivity contribution in [1.29, 1.82) is 0 Å². The summed E-state index contributed by atoms with van der Waals surface area (Å²) in [6.45, 7) is 1.47. The average Bonchev–Trinajstić information content (AvgIpc) is 2.50. The van der Waals surface area contributed by atoms with Gasteiger partial charge in [0.05, 0.1) is 5.75 Å². The van der Waals surface area contributed by atoms with Crippen molar-refractivity contribution in [2.24, 2.45) is 0 Å². The third-order valence-electron chi connectivity index (χ3n) is 2.99. The largest absolute Gasteiger partial charge is 0.426 e. The number of ether oxygens (including phenoxy) is 1. The van der Waals surface area contributed by atoms with Crippen LogP contribution in [0.3, 0.4) is 0 Å². The number of carbonyl (C=O) groups excluding carboxylic acids is 1. The fraction of sp³-hybridized carbons (Fsp3) is 0.188. The lowest BCUT2D eigenvalue weighted by atomic mass is 10.2. The smallest absolute Gasteiger partial charge is 0.326 e. The van der Waals surface area contributed by atoms with E-state index in [4.69, 9.17) is 16.3 Å². The maximum absolute atomic E-state index is 12.0. The number of hydrogen-bond acceptors (Lipinski definition) is 4. The summed E-state index contributed by atoms with van der Waals surface area (Å²) in [5.41, 5.74) is 1.50. The molecule has 2 aromatic carbocycles. The molecule has 0 radical (unpaired) electrons. The lowest BCUT2D eigenvalue weighted by Gasteiger charge is -2.08. The topological polar surface area (TPSA) is 72.5 Å². The molecule has 0 atom stereocenters. The summed E-state index contributed by atoms with van der Waals surface area (Å²) in [6.07, 6.45) is 0. The predicted molar refractivity (Wildman–Crippen MR) is 88.9 cm³/mol. The molecule has 0 aromatic heterocycles. The molecule has 5 nitrogen and oxygen atoms in total. The number of sulfonamides is 1. The summed E-state index contributed by atoms with van der Waals surface area (Å²) in [7, 11) is -3.69. The first-order valence-corrected chi connectivity index (χ1v) is 8.87. The van der Waals surface area contributed by atoms with E-state index < -0.39 is 22.5 Å². The zero-order chi connectivity index (χ0) is 16.9. The second kappa shape index (κ2) is 7.59. The van der Waals surface area contributed by atoms with Gasteiger partial charge >= 0.3 is 5.97 Å². The number of rotatable bonds is 6. The number of hydrogen-bond donors (Lipinski definition) is 1. The van der Waals surface area contributed by atoms with Crippen LogP contribution in [0.1, 0.15) is 11.1 Å². The van der Waals surface area contributed by atoms with Crippen molar-refractivity contribution in [3.63, 3.8) is 0 Å². The molecule has 122 valence electrons. The third-order valence-corrected chi connectivity index (χ3v) is 4.64. The molecule has 0 fully saturated rings. The van der Waals surface area contributed by atoms with Gasteiger partial charge in [0.1, 0.15) is 12.3 Å². The monoisotopic (exact) mass is 353 g/mol. The Morgan fingerprint density at radius 1 is 1.13 bits per heavy atom. The summed E-state index contributed by atoms with van der Waals surface area (Å²) in [5.74, 6) is -0.618. The first kappa shape index (κ1) is 17.5. The van der Waals surface area contributed by atoms with Gasteiger partial charge < -0.3 is 4.74 Å². The molecule has 0 unspecified atom stereocenters. The van der Waals surface area contributed by atoms with E-state index in [9.17, 15) is 13.2 Å². The van der Waals surface area contributed by atoms with Gasteiger partial charge in [0.25, 0.3) is 0 Å². The van der Waals surface area contributed by atoms with Crippen molar-refractivity contribution in [2.45, 2.75) is 12.7 Å². The maximum Gasteiger partial charge on any atom is 0.326 e. The first-order valence-electron chi connectivity index (χ1n) is 6.84. The third kappa shape index (κ3) is 5.67. The highest BCUT2D eigenvalue weighted by atomic mass is 35.5. The molecule has 0 aliphatic carbocycles. The second-order valence-electron chi connectivity index (χ2n) is 4.96. The fourth-order valence-corrected chi connectivity index (χ4v) is 3.20. The van der Waals surface area contributed by atoms with Gasteiger partial charge in [-0.15, -0.1) is 0 Å². The van der Waals surface area contributed by atoms with Gasteiger partial charge in [-0.2, -0.15) is 0 Å². The lowest BCUT2D eigenvalue weighted by Crippen LogP contribution is -2.32. The Morgan fingerprint density at radius 3 is 2.43 bits per heavy atom. The Labute approximate surface area is 140 Å². The van der Waals surface area contributed by atoms with E-state index in [1.165, 1.54) is 0 Å². The van der Waals surface area contributed by atoms with Gasteiger partial charge in [-0.3, -0.25) is 4.79 Å². The highest BCUT2D eigenvalue weighted by molar-refractivity contribution is 7.88. The second-order valence-corrected chi connectivity index (χ2v) is 7.17. The first-order chi connectivity index (χ1) is 10.9. The Kier molecular flexibility index (Phi) is 5.76. The molecule has 0 saturated carbocycles. The Bertz CT molecular complexity index is 788. The van der Waals surface area contributed by atoms with Crippen molar-refractivity contribution in [3.8, 4) is 5.75 Å². The van der Waals surface area contributed by atoms with Crippen molar-refractivity contribution in [3.05, 3.63) is 64.7 Å². The zero-order valence-electron chi connectivity index (χ0n) is 12.5. The van der Waals surface area contributed by atoms with Gasteiger partial charge in [-0.1, -0.05) is 47.5 Å². The summed E-state index contributed by atoms with van der Waals surface area (Å²) < 4.78 is 31.2. The number of esters is 1. The highest BCUT2D eigenvalue weighted by Gasteiger charge is 2.16. The molecule has 2 aromatic rings. The van der Waals surface area contributed by atoms with E-state index in [0.717, 1.165) is 5.56 Å². The molecule has 1 N–H and O–H groups in total. The van der Waals surface area contributed by atoms with Gasteiger partial charge in [0, 0.05) is 5.02 Å². The van der Waals surface area contributed by atoms with E-state index in [0.29, 0.717) is 16.3 Å². The van der Waals surface area contributed by atoms with E-state index in [1.54, 1.807) is 48.5 Å². The van der Waals surface area contributed by atoms with Crippen molar-refractivity contribution < 1.29 is 17.9 Å². The van der Waals surface area contributed by atoms with Crippen LogP contribution in [0.4, 0.5) is 0 Å². The van der Waals surface area contributed by atoms with E-state index in [1.807, 2.05) is 6.92 Å². The van der Waals surface area contributed by atoms with Crippen molar-refractivity contribution >= 4 is 27.6 Å². The molecular weight excluding hydrogens is 338 g/mol. The Hall–Kier alpha value is -1.89. The Morgan fingerprint density at radius 2 is 1.78 bits per heavy atom. The van der Waals surface area contributed by atoms with E-state index >= 15 is 0 Å². The fourth-order valence-electron chi connectivity index (χ4n) is 1.81. The number of nitrogens with one attached hydrogen (secondary N) is 1. The van der Waals surface area contributed by atoms with Crippen LogP contribution in [0.15, 0.2) is 48.5 Å². The van der Waals surface area contributed by atoms with Crippen molar-refractivity contribution in [2.75, 3.05) is 6.54 Å². The predicted octanol–water partition coefficient (Wildman–Crippen LogP) is 2.67. The van der Waals surface area contributed by atoms with Gasteiger partial charge in [-0.05, 0) is 30.7 Å². The summed E-state index contributed by atoms with van der Waals surface area (Å²) in [4.78, 5) is 11.7.